The van der Waals surface area contributed by atoms with Gasteiger partial charge in [0.25, 0.3) is 5.91 Å². The third-order valence-electron chi connectivity index (χ3n) is 5.67. The summed E-state index contributed by atoms with van der Waals surface area (Å²) in [5, 5.41) is 2.73. The van der Waals surface area contributed by atoms with Gasteiger partial charge in [-0.05, 0) is 74.0 Å². The van der Waals surface area contributed by atoms with Crippen molar-refractivity contribution < 1.29 is 23.9 Å². The predicted molar refractivity (Wildman–Crippen MR) is 137 cm³/mol. The number of nitrogens with one attached hydrogen (secondary N) is 1. The SMILES string of the molecule is Cc1ccc(Oc2ccc(N3C[C@@H](C(=O)OCC(=O)Nc4ccc(Br)cc4C)CC3=O)cc2)cc1. The van der Waals surface area contributed by atoms with Gasteiger partial charge in [0.2, 0.25) is 5.91 Å². The van der Waals surface area contributed by atoms with E-state index in [1.807, 2.05) is 50.2 Å². The van der Waals surface area contributed by atoms with E-state index in [0.717, 1.165) is 21.3 Å². The molecule has 7 nitrogen and oxygen atoms in total. The first-order chi connectivity index (χ1) is 16.8. The topological polar surface area (TPSA) is 84.9 Å². The number of esters is 1. The lowest BCUT2D eigenvalue weighted by Crippen LogP contribution is -2.28. The van der Waals surface area contributed by atoms with Crippen LogP contribution in [0.4, 0.5) is 11.4 Å². The summed E-state index contributed by atoms with van der Waals surface area (Å²) in [5.74, 6) is -0.436. The van der Waals surface area contributed by atoms with E-state index in [9.17, 15) is 14.4 Å². The number of anilines is 2. The summed E-state index contributed by atoms with van der Waals surface area (Å²) < 4.78 is 11.9. The molecule has 0 aliphatic carbocycles. The Morgan fingerprint density at radius 2 is 1.66 bits per heavy atom. The molecule has 1 N–H and O–H groups in total. The highest BCUT2D eigenvalue weighted by Gasteiger charge is 2.36. The Morgan fingerprint density at radius 3 is 2.31 bits per heavy atom. The Hall–Kier alpha value is -3.65. The Balaban J connectivity index is 1.29. The minimum atomic E-state index is -0.631. The molecule has 35 heavy (non-hydrogen) atoms. The standard InChI is InChI=1S/C27H25BrN2O5/c1-17-3-8-22(9-4-17)35-23-10-6-21(7-11-23)30-15-19(14-26(30)32)27(33)34-16-25(31)29-24-12-5-20(28)13-18(24)2/h3-13,19H,14-16H2,1-2H3,(H,29,31)/t19-/m0/s1. The zero-order valence-electron chi connectivity index (χ0n) is 19.4. The number of rotatable bonds is 7. The third kappa shape index (κ3) is 6.27. The largest absolute Gasteiger partial charge is 0.457 e. The van der Waals surface area contributed by atoms with Gasteiger partial charge >= 0.3 is 5.97 Å². The van der Waals surface area contributed by atoms with Gasteiger partial charge in [0.1, 0.15) is 11.5 Å². The molecule has 180 valence electrons. The van der Waals surface area contributed by atoms with Gasteiger partial charge < -0.3 is 19.7 Å². The van der Waals surface area contributed by atoms with Crippen molar-refractivity contribution in [3.05, 3.63) is 82.3 Å². The molecule has 0 aromatic heterocycles. The Kier molecular flexibility index (Phi) is 7.51. The molecule has 4 rings (SSSR count). The fraction of sp³-hybridized carbons (Fsp3) is 0.222. The predicted octanol–water partition coefficient (Wildman–Crippen LogP) is 5.39. The first kappa shape index (κ1) is 24.5. The summed E-state index contributed by atoms with van der Waals surface area (Å²) in [7, 11) is 0. The van der Waals surface area contributed by atoms with Crippen LogP contribution in [0.2, 0.25) is 0 Å². The molecule has 0 bridgehead atoms. The molecule has 1 atom stereocenters. The van der Waals surface area contributed by atoms with E-state index >= 15 is 0 Å². The van der Waals surface area contributed by atoms with Crippen LogP contribution in [-0.2, 0) is 19.1 Å². The van der Waals surface area contributed by atoms with E-state index in [1.165, 1.54) is 0 Å². The first-order valence-corrected chi connectivity index (χ1v) is 12.0. The highest BCUT2D eigenvalue weighted by atomic mass is 79.9. The molecular weight excluding hydrogens is 512 g/mol. The molecular formula is C27H25BrN2O5. The number of halogens is 1. The fourth-order valence-corrected chi connectivity index (χ4v) is 4.24. The van der Waals surface area contributed by atoms with E-state index in [1.54, 1.807) is 35.2 Å². The van der Waals surface area contributed by atoms with Crippen molar-refractivity contribution in [2.75, 3.05) is 23.4 Å². The summed E-state index contributed by atoms with van der Waals surface area (Å²) in [6.07, 6.45) is 0.0356. The molecule has 0 radical (unpaired) electrons. The molecule has 0 unspecified atom stereocenters. The van der Waals surface area contributed by atoms with Crippen molar-refractivity contribution in [1.82, 2.24) is 0 Å². The zero-order chi connectivity index (χ0) is 24.9. The Labute approximate surface area is 212 Å². The average Bonchev–Trinajstić information content (AvgIpc) is 3.23. The molecule has 1 heterocycles. The molecule has 3 aromatic carbocycles. The number of carbonyl (C=O) groups excluding carboxylic acids is 3. The molecule has 8 heteroatoms. The van der Waals surface area contributed by atoms with E-state index in [-0.39, 0.29) is 18.9 Å². The van der Waals surface area contributed by atoms with Crippen molar-refractivity contribution in [3.8, 4) is 11.5 Å². The van der Waals surface area contributed by atoms with Crippen LogP contribution in [0, 0.1) is 19.8 Å². The average molecular weight is 537 g/mol. The third-order valence-corrected chi connectivity index (χ3v) is 6.16. The van der Waals surface area contributed by atoms with Crippen molar-refractivity contribution >= 4 is 45.1 Å². The fourth-order valence-electron chi connectivity index (χ4n) is 3.76. The number of nitrogens with zero attached hydrogens (tertiary/aromatic N) is 1. The lowest BCUT2D eigenvalue weighted by molar-refractivity contribution is -0.151. The minimum Gasteiger partial charge on any atom is -0.457 e. The number of benzene rings is 3. The van der Waals surface area contributed by atoms with Crippen LogP contribution in [0.3, 0.4) is 0 Å². The van der Waals surface area contributed by atoms with Gasteiger partial charge in [-0.2, -0.15) is 0 Å². The second-order valence-corrected chi connectivity index (χ2v) is 9.35. The summed E-state index contributed by atoms with van der Waals surface area (Å²) in [6, 6.07) is 20.3. The molecule has 1 fully saturated rings. The molecule has 0 spiro atoms. The Morgan fingerprint density at radius 1 is 1.00 bits per heavy atom. The number of ether oxygens (including phenoxy) is 2. The highest BCUT2D eigenvalue weighted by molar-refractivity contribution is 9.10. The van der Waals surface area contributed by atoms with Crippen molar-refractivity contribution in [2.45, 2.75) is 20.3 Å². The summed E-state index contributed by atoms with van der Waals surface area (Å²) in [6.45, 7) is 3.66. The van der Waals surface area contributed by atoms with Gasteiger partial charge in [0, 0.05) is 28.8 Å². The van der Waals surface area contributed by atoms with E-state index in [0.29, 0.717) is 17.1 Å². The van der Waals surface area contributed by atoms with Gasteiger partial charge in [-0.1, -0.05) is 33.6 Å². The quantitative estimate of drug-likeness (QED) is 0.409. The lowest BCUT2D eigenvalue weighted by atomic mass is 10.1. The normalized spacial score (nSPS) is 15.1. The van der Waals surface area contributed by atoms with Crippen LogP contribution in [-0.4, -0.2) is 30.9 Å². The second-order valence-electron chi connectivity index (χ2n) is 8.43. The van der Waals surface area contributed by atoms with E-state index in [4.69, 9.17) is 9.47 Å². The van der Waals surface area contributed by atoms with Crippen molar-refractivity contribution in [2.24, 2.45) is 5.92 Å². The van der Waals surface area contributed by atoms with Gasteiger partial charge in [0.15, 0.2) is 6.61 Å². The molecule has 1 aliphatic rings. The van der Waals surface area contributed by atoms with Crippen molar-refractivity contribution in [3.63, 3.8) is 0 Å². The van der Waals surface area contributed by atoms with Crippen LogP contribution in [0.5, 0.6) is 11.5 Å². The van der Waals surface area contributed by atoms with Gasteiger partial charge in [0.05, 0.1) is 5.92 Å². The second kappa shape index (κ2) is 10.7. The lowest BCUT2D eigenvalue weighted by Gasteiger charge is -2.17. The van der Waals surface area contributed by atoms with Crippen LogP contribution >= 0.6 is 15.9 Å². The van der Waals surface area contributed by atoms with Crippen LogP contribution in [0.25, 0.3) is 0 Å². The van der Waals surface area contributed by atoms with Crippen LogP contribution in [0.1, 0.15) is 17.5 Å². The smallest absolute Gasteiger partial charge is 0.311 e. The first-order valence-electron chi connectivity index (χ1n) is 11.2. The van der Waals surface area contributed by atoms with Crippen LogP contribution in [0.15, 0.2) is 71.2 Å². The summed E-state index contributed by atoms with van der Waals surface area (Å²) in [4.78, 5) is 38.8. The molecule has 0 saturated carbocycles. The number of amides is 2. The maximum absolute atomic E-state index is 12.5. The molecule has 2 amide bonds. The monoisotopic (exact) mass is 536 g/mol. The minimum absolute atomic E-state index is 0.0356. The summed E-state index contributed by atoms with van der Waals surface area (Å²) >= 11 is 3.38. The van der Waals surface area contributed by atoms with Crippen molar-refractivity contribution in [1.29, 1.82) is 0 Å². The van der Waals surface area contributed by atoms with Crippen LogP contribution < -0.4 is 15.0 Å². The maximum Gasteiger partial charge on any atom is 0.311 e. The molecule has 1 saturated heterocycles. The van der Waals surface area contributed by atoms with E-state index < -0.39 is 24.4 Å². The summed E-state index contributed by atoms with van der Waals surface area (Å²) in [5.41, 5.74) is 3.34. The Bertz CT molecular complexity index is 1240. The zero-order valence-corrected chi connectivity index (χ0v) is 21.0. The van der Waals surface area contributed by atoms with Gasteiger partial charge in [-0.3, -0.25) is 14.4 Å². The molecule has 1 aliphatic heterocycles. The van der Waals surface area contributed by atoms with Gasteiger partial charge in [-0.15, -0.1) is 0 Å². The number of hydrogen-bond donors (Lipinski definition) is 1. The number of hydrogen-bond acceptors (Lipinski definition) is 5. The maximum atomic E-state index is 12.5. The number of carbonyl (C=O) groups is 3. The van der Waals surface area contributed by atoms with Gasteiger partial charge in [-0.25, -0.2) is 0 Å². The number of aryl methyl sites for hydroxylation is 2. The highest BCUT2D eigenvalue weighted by Crippen LogP contribution is 2.29. The molecule has 3 aromatic rings. The van der Waals surface area contributed by atoms with E-state index in [2.05, 4.69) is 21.2 Å².